The average molecular weight is 457 g/mol. The Morgan fingerprint density at radius 2 is 1.90 bits per heavy atom. The number of nitrogens with one attached hydrogen (secondary N) is 1. The van der Waals surface area contributed by atoms with Gasteiger partial charge in [0.1, 0.15) is 5.75 Å². The summed E-state index contributed by atoms with van der Waals surface area (Å²) in [6, 6.07) is 15.2. The third-order valence-corrected chi connectivity index (χ3v) is 6.53. The Morgan fingerprint density at radius 1 is 1.16 bits per heavy atom. The Balaban J connectivity index is 1.40. The van der Waals surface area contributed by atoms with Gasteiger partial charge in [-0.05, 0) is 69.0 Å². The maximum Gasteiger partial charge on any atom is 0.234 e. The number of carbonyl (C=O) groups is 1. The van der Waals surface area contributed by atoms with E-state index in [1.165, 1.54) is 24.6 Å². The van der Waals surface area contributed by atoms with Gasteiger partial charge in [0, 0.05) is 12.1 Å². The molecule has 0 spiro atoms. The van der Waals surface area contributed by atoms with E-state index in [1.54, 1.807) is 12.1 Å². The van der Waals surface area contributed by atoms with E-state index in [0.29, 0.717) is 28.5 Å². The molecular weight excluding hydrogens is 432 g/mol. The van der Waals surface area contributed by atoms with Crippen LogP contribution in [0, 0.1) is 0 Å². The summed E-state index contributed by atoms with van der Waals surface area (Å²) in [4.78, 5) is 12.3. The summed E-state index contributed by atoms with van der Waals surface area (Å²) < 4.78 is 8.06. The van der Waals surface area contributed by atoms with Crippen molar-refractivity contribution in [3.05, 3.63) is 53.6 Å². The van der Waals surface area contributed by atoms with Gasteiger partial charge in [-0.25, -0.2) is 0 Å². The van der Waals surface area contributed by atoms with Crippen molar-refractivity contribution in [2.24, 2.45) is 0 Å². The number of hydrogen-bond donors (Lipinski definition) is 1. The zero-order chi connectivity index (χ0) is 21.6. The molecule has 2 aromatic carbocycles. The first-order chi connectivity index (χ1) is 15.1. The van der Waals surface area contributed by atoms with E-state index in [-0.39, 0.29) is 11.7 Å². The van der Waals surface area contributed by atoms with Crippen molar-refractivity contribution in [3.63, 3.8) is 0 Å². The molecule has 1 N–H and O–H groups in total. The van der Waals surface area contributed by atoms with Crippen molar-refractivity contribution in [1.82, 2.24) is 14.8 Å². The van der Waals surface area contributed by atoms with Gasteiger partial charge in [-0.2, -0.15) is 0 Å². The van der Waals surface area contributed by atoms with Crippen molar-refractivity contribution >= 4 is 35.0 Å². The summed E-state index contributed by atoms with van der Waals surface area (Å²) >= 11 is 7.46. The molecule has 0 unspecified atom stereocenters. The second kappa shape index (κ2) is 10.2. The zero-order valence-corrected chi connectivity index (χ0v) is 19.0. The predicted molar refractivity (Wildman–Crippen MR) is 125 cm³/mol. The lowest BCUT2D eigenvalue weighted by Gasteiger charge is -2.13. The third-order valence-electron chi connectivity index (χ3n) is 5.23. The van der Waals surface area contributed by atoms with Crippen LogP contribution in [0.4, 0.5) is 5.69 Å². The molecule has 6 nitrogen and oxygen atoms in total. The highest BCUT2D eigenvalue weighted by Crippen LogP contribution is 2.28. The normalized spacial score (nSPS) is 14.0. The molecule has 0 aliphatic heterocycles. The van der Waals surface area contributed by atoms with E-state index in [9.17, 15) is 4.79 Å². The van der Waals surface area contributed by atoms with Crippen LogP contribution in [0.3, 0.4) is 0 Å². The van der Waals surface area contributed by atoms with E-state index in [0.717, 1.165) is 30.0 Å². The van der Waals surface area contributed by atoms with Crippen LogP contribution in [0.5, 0.6) is 5.75 Å². The lowest BCUT2D eigenvalue weighted by atomic mass is 10.2. The molecule has 1 aliphatic rings. The van der Waals surface area contributed by atoms with E-state index < -0.39 is 0 Å². The van der Waals surface area contributed by atoms with E-state index in [4.69, 9.17) is 16.3 Å². The average Bonchev–Trinajstić information content (AvgIpc) is 3.44. The number of hydrogen-bond acceptors (Lipinski definition) is 5. The highest BCUT2D eigenvalue weighted by atomic mass is 35.5. The Labute approximate surface area is 191 Å². The van der Waals surface area contributed by atoms with Crippen molar-refractivity contribution in [2.75, 3.05) is 11.1 Å². The quantitative estimate of drug-likeness (QED) is 0.442. The minimum atomic E-state index is -0.140. The molecule has 0 atom stereocenters. The minimum absolute atomic E-state index is 0.140. The van der Waals surface area contributed by atoms with Crippen molar-refractivity contribution in [3.8, 4) is 17.1 Å². The van der Waals surface area contributed by atoms with Crippen LogP contribution in [0.2, 0.25) is 5.02 Å². The Morgan fingerprint density at radius 3 is 2.61 bits per heavy atom. The largest absolute Gasteiger partial charge is 0.490 e. The number of rotatable bonds is 8. The van der Waals surface area contributed by atoms with Gasteiger partial charge < -0.3 is 14.6 Å². The van der Waals surface area contributed by atoms with Crippen molar-refractivity contribution in [1.29, 1.82) is 0 Å². The molecular formula is C23H25ClN4O2S. The van der Waals surface area contributed by atoms with Crippen molar-refractivity contribution < 1.29 is 9.53 Å². The second-order valence-corrected chi connectivity index (χ2v) is 8.77. The summed E-state index contributed by atoms with van der Waals surface area (Å²) in [6.45, 7) is 2.75. The Kier molecular flexibility index (Phi) is 7.14. The molecule has 1 amide bonds. The number of anilines is 1. The molecule has 1 heterocycles. The maximum absolute atomic E-state index is 12.3. The highest BCUT2D eigenvalue weighted by molar-refractivity contribution is 7.99. The van der Waals surface area contributed by atoms with Crippen LogP contribution < -0.4 is 10.1 Å². The number of carbonyl (C=O) groups excluding carboxylic acids is 1. The molecule has 1 aliphatic carbocycles. The highest BCUT2D eigenvalue weighted by Gasteiger charge is 2.18. The first kappa shape index (κ1) is 21.7. The lowest BCUT2D eigenvalue weighted by Crippen LogP contribution is -2.15. The van der Waals surface area contributed by atoms with Crippen LogP contribution in [0.1, 0.15) is 32.6 Å². The molecule has 4 rings (SSSR count). The fraction of sp³-hybridized carbons (Fsp3) is 0.348. The van der Waals surface area contributed by atoms with Gasteiger partial charge in [-0.1, -0.05) is 35.5 Å². The summed E-state index contributed by atoms with van der Waals surface area (Å²) in [5, 5.41) is 12.7. The number of thioether (sulfide) groups is 1. The summed E-state index contributed by atoms with van der Waals surface area (Å²) in [5.74, 6) is 1.75. The van der Waals surface area contributed by atoms with Gasteiger partial charge in [0.05, 0.1) is 22.6 Å². The number of ether oxygens (including phenoxy) is 1. The third kappa shape index (κ3) is 5.40. The fourth-order valence-corrected chi connectivity index (χ4v) is 4.64. The number of amides is 1. The van der Waals surface area contributed by atoms with E-state index >= 15 is 0 Å². The molecule has 3 aromatic rings. The molecule has 1 aromatic heterocycles. The van der Waals surface area contributed by atoms with Crippen LogP contribution >= 0.6 is 23.4 Å². The lowest BCUT2D eigenvalue weighted by molar-refractivity contribution is -0.113. The first-order valence-corrected chi connectivity index (χ1v) is 11.9. The molecule has 0 radical (unpaired) electrons. The molecule has 8 heteroatoms. The van der Waals surface area contributed by atoms with Gasteiger partial charge in [0.25, 0.3) is 0 Å². The second-order valence-electron chi connectivity index (χ2n) is 7.42. The Hall–Kier alpha value is -2.51. The van der Waals surface area contributed by atoms with E-state index in [2.05, 4.69) is 15.5 Å². The molecule has 1 fully saturated rings. The van der Waals surface area contributed by atoms with Crippen molar-refractivity contribution in [2.45, 2.75) is 50.4 Å². The van der Waals surface area contributed by atoms with Crippen LogP contribution in [0.25, 0.3) is 11.4 Å². The molecule has 31 heavy (non-hydrogen) atoms. The molecule has 162 valence electrons. The van der Waals surface area contributed by atoms with Crippen LogP contribution in [0.15, 0.2) is 53.7 Å². The number of benzene rings is 2. The number of para-hydroxylation sites is 1. The van der Waals surface area contributed by atoms with Gasteiger partial charge in [-0.3, -0.25) is 4.79 Å². The van der Waals surface area contributed by atoms with Crippen LogP contribution in [-0.4, -0.2) is 32.5 Å². The SMILES string of the molecule is CCn1c(SCC(=O)Nc2ccccc2Cl)nnc1-c1ccc(OC2CCCC2)cc1. The monoisotopic (exact) mass is 456 g/mol. The standard InChI is InChI=1S/C23H25ClN4O2S/c1-2-28-22(16-11-13-18(14-12-16)30-17-7-3-4-8-17)26-27-23(28)31-15-21(29)25-20-10-6-5-9-19(20)24/h5-6,9-14,17H,2-4,7-8,15H2,1H3,(H,25,29). The van der Waals surface area contributed by atoms with Gasteiger partial charge in [0.15, 0.2) is 11.0 Å². The van der Waals surface area contributed by atoms with Crippen LogP contribution in [-0.2, 0) is 11.3 Å². The summed E-state index contributed by atoms with van der Waals surface area (Å²) in [7, 11) is 0. The minimum Gasteiger partial charge on any atom is -0.490 e. The maximum atomic E-state index is 12.3. The zero-order valence-electron chi connectivity index (χ0n) is 17.4. The van der Waals surface area contributed by atoms with Gasteiger partial charge in [-0.15, -0.1) is 10.2 Å². The predicted octanol–water partition coefficient (Wildman–Crippen LogP) is 5.67. The smallest absolute Gasteiger partial charge is 0.234 e. The fourth-order valence-electron chi connectivity index (χ4n) is 3.65. The number of halogens is 1. The summed E-state index contributed by atoms with van der Waals surface area (Å²) in [5.41, 5.74) is 1.58. The number of aromatic nitrogens is 3. The topological polar surface area (TPSA) is 69.0 Å². The van der Waals surface area contributed by atoms with Gasteiger partial charge >= 0.3 is 0 Å². The molecule has 1 saturated carbocycles. The van der Waals surface area contributed by atoms with E-state index in [1.807, 2.05) is 47.9 Å². The summed E-state index contributed by atoms with van der Waals surface area (Å²) in [6.07, 6.45) is 5.11. The first-order valence-electron chi connectivity index (χ1n) is 10.5. The molecule has 0 saturated heterocycles. The Bertz CT molecular complexity index is 1030. The van der Waals surface area contributed by atoms with Gasteiger partial charge in [0.2, 0.25) is 5.91 Å². The number of nitrogens with zero attached hydrogens (tertiary/aromatic N) is 3. The molecule has 0 bridgehead atoms.